The predicted molar refractivity (Wildman–Crippen MR) is 72.7 cm³/mol. The smallest absolute Gasteiger partial charge is 0.141 e. The third-order valence-electron chi connectivity index (χ3n) is 2.82. The van der Waals surface area contributed by atoms with E-state index in [-0.39, 0.29) is 5.02 Å². The molecule has 0 spiro atoms. The van der Waals surface area contributed by atoms with Gasteiger partial charge in [-0.2, -0.15) is 0 Å². The van der Waals surface area contributed by atoms with Crippen molar-refractivity contribution in [1.82, 2.24) is 4.98 Å². The number of anilines is 1. The standard InChI is InChI=1S/C14H10ClFN2O/c15-11-7-9(1-2-12(11)16)8-18-14-10-4-6-19-13(10)3-5-17-14/h1-7H,8H2,(H,17,18). The number of hydrogen-bond acceptors (Lipinski definition) is 3. The molecular weight excluding hydrogens is 267 g/mol. The Morgan fingerprint density at radius 2 is 2.16 bits per heavy atom. The first-order valence-corrected chi connectivity index (χ1v) is 6.12. The van der Waals surface area contributed by atoms with Crippen molar-refractivity contribution in [2.75, 3.05) is 5.32 Å². The van der Waals surface area contributed by atoms with Gasteiger partial charge in [-0.3, -0.25) is 0 Å². The van der Waals surface area contributed by atoms with E-state index in [1.54, 1.807) is 30.7 Å². The number of pyridine rings is 1. The van der Waals surface area contributed by atoms with Gasteiger partial charge in [0, 0.05) is 12.7 Å². The van der Waals surface area contributed by atoms with Crippen LogP contribution in [0.15, 0.2) is 47.2 Å². The van der Waals surface area contributed by atoms with Crippen molar-refractivity contribution in [2.24, 2.45) is 0 Å². The summed E-state index contributed by atoms with van der Waals surface area (Å²) >= 11 is 5.74. The number of nitrogens with zero attached hydrogens (tertiary/aromatic N) is 1. The molecule has 0 atom stereocenters. The fraction of sp³-hybridized carbons (Fsp3) is 0.0714. The summed E-state index contributed by atoms with van der Waals surface area (Å²) in [5.41, 5.74) is 1.66. The van der Waals surface area contributed by atoms with Gasteiger partial charge in [0.2, 0.25) is 0 Å². The van der Waals surface area contributed by atoms with Gasteiger partial charge in [-0.15, -0.1) is 0 Å². The molecule has 0 amide bonds. The highest BCUT2D eigenvalue weighted by Crippen LogP contribution is 2.23. The maximum absolute atomic E-state index is 13.1. The van der Waals surface area contributed by atoms with Crippen molar-refractivity contribution in [3.8, 4) is 0 Å². The largest absolute Gasteiger partial charge is 0.464 e. The van der Waals surface area contributed by atoms with Crippen LogP contribution in [0.2, 0.25) is 5.02 Å². The van der Waals surface area contributed by atoms with Gasteiger partial charge < -0.3 is 9.73 Å². The zero-order valence-corrected chi connectivity index (χ0v) is 10.6. The zero-order chi connectivity index (χ0) is 13.2. The van der Waals surface area contributed by atoms with Gasteiger partial charge in [0.15, 0.2) is 0 Å². The van der Waals surface area contributed by atoms with Crippen LogP contribution in [0.25, 0.3) is 11.0 Å². The quantitative estimate of drug-likeness (QED) is 0.778. The van der Waals surface area contributed by atoms with Crippen LogP contribution in [0.5, 0.6) is 0 Å². The third-order valence-corrected chi connectivity index (χ3v) is 3.11. The molecule has 0 aliphatic carbocycles. The molecule has 1 aromatic carbocycles. The molecule has 3 rings (SSSR count). The number of rotatable bonds is 3. The molecule has 19 heavy (non-hydrogen) atoms. The van der Waals surface area contributed by atoms with E-state index in [1.807, 2.05) is 6.07 Å². The van der Waals surface area contributed by atoms with Gasteiger partial charge in [-0.05, 0) is 29.8 Å². The molecule has 96 valence electrons. The number of halogens is 2. The summed E-state index contributed by atoms with van der Waals surface area (Å²) in [4.78, 5) is 4.26. The van der Waals surface area contributed by atoms with Crippen molar-refractivity contribution in [2.45, 2.75) is 6.54 Å². The van der Waals surface area contributed by atoms with Crippen LogP contribution in [0.1, 0.15) is 5.56 Å². The lowest BCUT2D eigenvalue weighted by Gasteiger charge is -2.07. The number of aromatic nitrogens is 1. The van der Waals surface area contributed by atoms with Crippen LogP contribution in [0.3, 0.4) is 0 Å². The minimum Gasteiger partial charge on any atom is -0.464 e. The Morgan fingerprint density at radius 1 is 1.26 bits per heavy atom. The van der Waals surface area contributed by atoms with E-state index in [2.05, 4.69) is 10.3 Å². The minimum atomic E-state index is -0.416. The van der Waals surface area contributed by atoms with Crippen LogP contribution >= 0.6 is 11.6 Å². The summed E-state index contributed by atoms with van der Waals surface area (Å²) in [5.74, 6) is 0.312. The summed E-state index contributed by atoms with van der Waals surface area (Å²) in [5, 5.41) is 4.22. The third kappa shape index (κ3) is 2.39. The summed E-state index contributed by atoms with van der Waals surface area (Å²) in [6.07, 6.45) is 3.29. The van der Waals surface area contributed by atoms with Gasteiger partial charge in [0.1, 0.15) is 17.2 Å². The average molecular weight is 277 g/mol. The molecule has 0 fully saturated rings. The monoisotopic (exact) mass is 276 g/mol. The molecule has 1 N–H and O–H groups in total. The average Bonchev–Trinajstić information content (AvgIpc) is 2.89. The van der Waals surface area contributed by atoms with Gasteiger partial charge in [-0.25, -0.2) is 9.37 Å². The molecule has 2 heterocycles. The topological polar surface area (TPSA) is 38.1 Å². The Labute approximate surface area is 114 Å². The highest BCUT2D eigenvalue weighted by atomic mass is 35.5. The van der Waals surface area contributed by atoms with E-state index in [4.69, 9.17) is 16.0 Å². The minimum absolute atomic E-state index is 0.119. The highest BCUT2D eigenvalue weighted by Gasteiger charge is 2.05. The SMILES string of the molecule is Fc1ccc(CNc2nccc3occc23)cc1Cl. The maximum atomic E-state index is 13.1. The maximum Gasteiger partial charge on any atom is 0.141 e. The van der Waals surface area contributed by atoms with E-state index in [0.29, 0.717) is 6.54 Å². The Hall–Kier alpha value is -2.07. The van der Waals surface area contributed by atoms with E-state index in [9.17, 15) is 4.39 Å². The highest BCUT2D eigenvalue weighted by molar-refractivity contribution is 6.30. The molecule has 5 heteroatoms. The van der Waals surface area contributed by atoms with Crippen LogP contribution in [-0.2, 0) is 6.54 Å². The molecule has 3 aromatic rings. The first-order valence-electron chi connectivity index (χ1n) is 5.74. The summed E-state index contributed by atoms with van der Waals surface area (Å²) in [7, 11) is 0. The number of furan rings is 1. The van der Waals surface area contributed by atoms with E-state index in [0.717, 1.165) is 22.4 Å². The van der Waals surface area contributed by atoms with Gasteiger partial charge in [-0.1, -0.05) is 17.7 Å². The molecule has 0 aliphatic heterocycles. The Bertz CT molecular complexity index is 726. The first kappa shape index (κ1) is 12.0. The molecule has 0 saturated carbocycles. The fourth-order valence-electron chi connectivity index (χ4n) is 1.87. The molecule has 0 radical (unpaired) electrons. The molecule has 0 aliphatic rings. The van der Waals surface area contributed by atoms with Crippen LogP contribution in [0, 0.1) is 5.82 Å². The Balaban J connectivity index is 1.82. The second-order valence-electron chi connectivity index (χ2n) is 4.09. The number of benzene rings is 1. The summed E-state index contributed by atoms with van der Waals surface area (Å²) in [6, 6.07) is 8.28. The van der Waals surface area contributed by atoms with Gasteiger partial charge >= 0.3 is 0 Å². The van der Waals surface area contributed by atoms with Crippen LogP contribution in [-0.4, -0.2) is 4.98 Å². The Kier molecular flexibility index (Phi) is 3.09. The molecule has 3 nitrogen and oxygen atoms in total. The van der Waals surface area contributed by atoms with Crippen molar-refractivity contribution < 1.29 is 8.81 Å². The van der Waals surface area contributed by atoms with E-state index in [1.165, 1.54) is 6.07 Å². The van der Waals surface area contributed by atoms with Crippen molar-refractivity contribution >= 4 is 28.4 Å². The molecule has 2 aromatic heterocycles. The number of hydrogen-bond donors (Lipinski definition) is 1. The van der Waals surface area contributed by atoms with Gasteiger partial charge in [0.25, 0.3) is 0 Å². The summed E-state index contributed by atoms with van der Waals surface area (Å²) < 4.78 is 18.3. The van der Waals surface area contributed by atoms with Crippen LogP contribution < -0.4 is 5.32 Å². The second-order valence-corrected chi connectivity index (χ2v) is 4.50. The second kappa shape index (κ2) is 4.90. The fourth-order valence-corrected chi connectivity index (χ4v) is 2.07. The number of nitrogens with one attached hydrogen (secondary N) is 1. The lowest BCUT2D eigenvalue weighted by molar-refractivity contribution is 0.615. The molecule has 0 saturated heterocycles. The number of fused-ring (bicyclic) bond motifs is 1. The summed E-state index contributed by atoms with van der Waals surface area (Å²) in [6.45, 7) is 0.511. The predicted octanol–water partition coefficient (Wildman–Crippen LogP) is 4.23. The zero-order valence-electron chi connectivity index (χ0n) is 9.86. The van der Waals surface area contributed by atoms with Crippen LogP contribution in [0.4, 0.5) is 10.2 Å². The van der Waals surface area contributed by atoms with Crippen molar-refractivity contribution in [3.05, 3.63) is 59.2 Å². The van der Waals surface area contributed by atoms with E-state index >= 15 is 0 Å². The first-order chi connectivity index (χ1) is 9.24. The lowest BCUT2D eigenvalue weighted by Crippen LogP contribution is -2.01. The molecule has 0 unspecified atom stereocenters. The van der Waals surface area contributed by atoms with E-state index < -0.39 is 5.82 Å². The normalized spacial score (nSPS) is 10.8. The Morgan fingerprint density at radius 3 is 3.00 bits per heavy atom. The van der Waals surface area contributed by atoms with Crippen molar-refractivity contribution in [3.63, 3.8) is 0 Å². The van der Waals surface area contributed by atoms with Crippen molar-refractivity contribution in [1.29, 1.82) is 0 Å². The molecule has 0 bridgehead atoms. The lowest BCUT2D eigenvalue weighted by atomic mass is 10.2. The molecular formula is C14H10ClFN2O. The van der Waals surface area contributed by atoms with Gasteiger partial charge in [0.05, 0.1) is 16.7 Å².